The Hall–Kier alpha value is -2.37. The van der Waals surface area contributed by atoms with Gasteiger partial charge in [0.1, 0.15) is 5.69 Å². The maximum Gasteiger partial charge on any atom is 0.361 e. The first kappa shape index (κ1) is 15.0. The summed E-state index contributed by atoms with van der Waals surface area (Å²) in [4.78, 5) is 12.1. The molecule has 6 heteroatoms. The van der Waals surface area contributed by atoms with Crippen molar-refractivity contribution in [3.63, 3.8) is 0 Å². The van der Waals surface area contributed by atoms with E-state index in [0.29, 0.717) is 18.0 Å². The third-order valence-corrected chi connectivity index (χ3v) is 3.36. The van der Waals surface area contributed by atoms with E-state index >= 15 is 0 Å². The van der Waals surface area contributed by atoms with Gasteiger partial charge in [-0.25, -0.2) is 9.48 Å². The van der Waals surface area contributed by atoms with Crippen molar-refractivity contribution in [1.82, 2.24) is 15.0 Å². The number of carbonyl (C=O) groups excluding carboxylic acids is 1. The van der Waals surface area contributed by atoms with E-state index in [-0.39, 0.29) is 11.7 Å². The van der Waals surface area contributed by atoms with Crippen molar-refractivity contribution in [3.05, 3.63) is 30.0 Å². The van der Waals surface area contributed by atoms with Crippen molar-refractivity contribution >= 4 is 11.7 Å². The number of hydrogen-bond acceptors (Lipinski definition) is 5. The van der Waals surface area contributed by atoms with E-state index in [4.69, 9.17) is 10.5 Å². The zero-order valence-corrected chi connectivity index (χ0v) is 12.5. The molecule has 2 aromatic rings. The Balaban J connectivity index is 2.55. The minimum absolute atomic E-state index is 0.133. The molecular formula is C15H20N4O2. The fraction of sp³-hybridized carbons (Fsp3) is 0.400. The van der Waals surface area contributed by atoms with E-state index in [2.05, 4.69) is 17.2 Å². The Morgan fingerprint density at radius 2 is 2.00 bits per heavy atom. The number of nitrogen functional groups attached to an aromatic ring is 1. The molecule has 0 fully saturated rings. The van der Waals surface area contributed by atoms with Gasteiger partial charge in [-0.2, -0.15) is 0 Å². The summed E-state index contributed by atoms with van der Waals surface area (Å²) in [7, 11) is 0. The summed E-state index contributed by atoms with van der Waals surface area (Å²) in [5, 5.41) is 8.13. The molecule has 0 aliphatic heterocycles. The average Bonchev–Trinajstić information content (AvgIpc) is 2.92. The first-order chi connectivity index (χ1) is 10.1. The SMILES string of the molecule is CCOC(=O)c1nnn(C(C)CC)c1-c1ccc(N)cc1. The van der Waals surface area contributed by atoms with Crippen molar-refractivity contribution < 1.29 is 9.53 Å². The molecular weight excluding hydrogens is 268 g/mol. The molecule has 1 heterocycles. The molecule has 2 rings (SSSR count). The number of ether oxygens (including phenoxy) is 1. The zero-order valence-electron chi connectivity index (χ0n) is 12.5. The van der Waals surface area contributed by atoms with Crippen molar-refractivity contribution in [3.8, 4) is 11.3 Å². The molecule has 0 saturated heterocycles. The molecule has 0 aliphatic carbocycles. The largest absolute Gasteiger partial charge is 0.461 e. The second kappa shape index (κ2) is 6.39. The van der Waals surface area contributed by atoms with Crippen LogP contribution < -0.4 is 5.73 Å². The second-order valence-corrected chi connectivity index (χ2v) is 4.83. The van der Waals surface area contributed by atoms with Crippen LogP contribution in [-0.4, -0.2) is 27.6 Å². The van der Waals surface area contributed by atoms with Gasteiger partial charge in [-0.3, -0.25) is 0 Å². The Kier molecular flexibility index (Phi) is 4.57. The smallest absolute Gasteiger partial charge is 0.361 e. The number of carbonyl (C=O) groups is 1. The molecule has 1 unspecified atom stereocenters. The van der Waals surface area contributed by atoms with E-state index in [9.17, 15) is 4.79 Å². The van der Waals surface area contributed by atoms with E-state index in [1.807, 2.05) is 19.1 Å². The standard InChI is InChI=1S/C15H20N4O2/c1-4-10(3)19-14(11-6-8-12(16)9-7-11)13(17-18-19)15(20)21-5-2/h6-10H,4-5,16H2,1-3H3. The summed E-state index contributed by atoms with van der Waals surface area (Å²) in [5.74, 6) is -0.459. The molecule has 1 aromatic heterocycles. The van der Waals surface area contributed by atoms with Gasteiger partial charge in [-0.1, -0.05) is 24.3 Å². The van der Waals surface area contributed by atoms with Crippen LogP contribution in [-0.2, 0) is 4.74 Å². The minimum atomic E-state index is -0.459. The number of anilines is 1. The topological polar surface area (TPSA) is 83.0 Å². The monoisotopic (exact) mass is 288 g/mol. The number of rotatable bonds is 5. The summed E-state index contributed by atoms with van der Waals surface area (Å²) >= 11 is 0. The van der Waals surface area contributed by atoms with Gasteiger partial charge in [0, 0.05) is 11.3 Å². The Morgan fingerprint density at radius 1 is 1.33 bits per heavy atom. The molecule has 0 spiro atoms. The van der Waals surface area contributed by atoms with Crippen molar-refractivity contribution in [1.29, 1.82) is 0 Å². The van der Waals surface area contributed by atoms with Gasteiger partial charge in [0.05, 0.1) is 12.6 Å². The zero-order chi connectivity index (χ0) is 15.4. The highest BCUT2D eigenvalue weighted by Gasteiger charge is 2.24. The number of aromatic nitrogens is 3. The lowest BCUT2D eigenvalue weighted by Gasteiger charge is -2.13. The van der Waals surface area contributed by atoms with Crippen molar-refractivity contribution in [2.45, 2.75) is 33.2 Å². The lowest BCUT2D eigenvalue weighted by Crippen LogP contribution is -2.10. The van der Waals surface area contributed by atoms with Crippen LogP contribution in [0.2, 0.25) is 0 Å². The van der Waals surface area contributed by atoms with Crippen LogP contribution in [0, 0.1) is 0 Å². The quantitative estimate of drug-likeness (QED) is 0.675. The fourth-order valence-corrected chi connectivity index (χ4v) is 2.02. The summed E-state index contributed by atoms with van der Waals surface area (Å²) in [6.07, 6.45) is 0.883. The van der Waals surface area contributed by atoms with Crippen molar-refractivity contribution in [2.75, 3.05) is 12.3 Å². The highest BCUT2D eigenvalue weighted by molar-refractivity contribution is 5.94. The summed E-state index contributed by atoms with van der Waals surface area (Å²) in [5.41, 5.74) is 8.14. The molecule has 0 amide bonds. The third kappa shape index (κ3) is 3.04. The normalized spacial score (nSPS) is 12.1. The van der Waals surface area contributed by atoms with Gasteiger partial charge >= 0.3 is 5.97 Å². The van der Waals surface area contributed by atoms with Crippen LogP contribution in [0.5, 0.6) is 0 Å². The lowest BCUT2D eigenvalue weighted by molar-refractivity contribution is 0.0520. The van der Waals surface area contributed by atoms with Gasteiger partial charge in [0.25, 0.3) is 0 Å². The predicted molar refractivity (Wildman–Crippen MR) is 80.8 cm³/mol. The van der Waals surface area contributed by atoms with E-state index < -0.39 is 5.97 Å². The van der Waals surface area contributed by atoms with Crippen LogP contribution in [0.1, 0.15) is 43.7 Å². The van der Waals surface area contributed by atoms with Gasteiger partial charge in [0.15, 0.2) is 5.69 Å². The van der Waals surface area contributed by atoms with Gasteiger partial charge in [0.2, 0.25) is 0 Å². The highest BCUT2D eigenvalue weighted by Crippen LogP contribution is 2.27. The molecule has 0 aliphatic rings. The number of nitrogens with two attached hydrogens (primary N) is 1. The van der Waals surface area contributed by atoms with E-state index in [1.165, 1.54) is 0 Å². The van der Waals surface area contributed by atoms with Crippen LogP contribution in [0.3, 0.4) is 0 Å². The van der Waals surface area contributed by atoms with Crippen LogP contribution in [0.25, 0.3) is 11.3 Å². The van der Waals surface area contributed by atoms with Crippen LogP contribution in [0.4, 0.5) is 5.69 Å². The number of hydrogen-bond donors (Lipinski definition) is 1. The molecule has 2 N–H and O–H groups in total. The number of esters is 1. The average molecular weight is 288 g/mol. The summed E-state index contributed by atoms with van der Waals surface area (Å²) in [6, 6.07) is 7.43. The molecule has 1 aromatic carbocycles. The summed E-state index contributed by atoms with van der Waals surface area (Å²) in [6.45, 7) is 6.16. The van der Waals surface area contributed by atoms with Gasteiger partial charge < -0.3 is 10.5 Å². The molecule has 0 bridgehead atoms. The molecule has 1 atom stereocenters. The highest BCUT2D eigenvalue weighted by atomic mass is 16.5. The van der Waals surface area contributed by atoms with Gasteiger partial charge in [-0.15, -0.1) is 5.10 Å². The maximum atomic E-state index is 12.1. The minimum Gasteiger partial charge on any atom is -0.461 e. The third-order valence-electron chi connectivity index (χ3n) is 3.36. The molecule has 21 heavy (non-hydrogen) atoms. The molecule has 0 saturated carbocycles. The second-order valence-electron chi connectivity index (χ2n) is 4.83. The Labute approximate surface area is 123 Å². The number of nitrogens with zero attached hydrogens (tertiary/aromatic N) is 3. The number of benzene rings is 1. The van der Waals surface area contributed by atoms with Crippen molar-refractivity contribution in [2.24, 2.45) is 0 Å². The molecule has 112 valence electrons. The predicted octanol–water partition coefficient (Wildman–Crippen LogP) is 2.67. The van der Waals surface area contributed by atoms with E-state index in [0.717, 1.165) is 12.0 Å². The van der Waals surface area contributed by atoms with Crippen LogP contribution in [0.15, 0.2) is 24.3 Å². The first-order valence-electron chi connectivity index (χ1n) is 7.06. The van der Waals surface area contributed by atoms with E-state index in [1.54, 1.807) is 23.7 Å². The maximum absolute atomic E-state index is 12.1. The first-order valence-corrected chi connectivity index (χ1v) is 7.06. The summed E-state index contributed by atoms with van der Waals surface area (Å²) < 4.78 is 6.82. The Morgan fingerprint density at radius 3 is 2.57 bits per heavy atom. The Bertz CT molecular complexity index is 619. The lowest BCUT2D eigenvalue weighted by atomic mass is 10.1. The van der Waals surface area contributed by atoms with Gasteiger partial charge in [-0.05, 0) is 32.4 Å². The molecule has 0 radical (unpaired) electrons. The fourth-order valence-electron chi connectivity index (χ4n) is 2.02. The van der Waals surface area contributed by atoms with Crippen LogP contribution >= 0.6 is 0 Å². The molecule has 6 nitrogen and oxygen atoms in total.